The van der Waals surface area contributed by atoms with Crippen molar-refractivity contribution in [2.75, 3.05) is 11.9 Å². The minimum absolute atomic E-state index is 0.218. The lowest BCUT2D eigenvalue weighted by Crippen LogP contribution is -2.32. The molecule has 7 nitrogen and oxygen atoms in total. The van der Waals surface area contributed by atoms with Gasteiger partial charge in [0.15, 0.2) is 0 Å². The Bertz CT molecular complexity index is 1080. The molecule has 0 radical (unpaired) electrons. The quantitative estimate of drug-likeness (QED) is 0.518. The molecule has 2 heterocycles. The van der Waals surface area contributed by atoms with E-state index in [2.05, 4.69) is 20.6 Å². The molecule has 0 bridgehead atoms. The van der Waals surface area contributed by atoms with E-state index >= 15 is 0 Å². The number of amides is 1. The summed E-state index contributed by atoms with van der Waals surface area (Å²) in [5, 5.41) is 13.9. The predicted octanol–water partition coefficient (Wildman–Crippen LogP) is 4.10. The van der Waals surface area contributed by atoms with E-state index in [-0.39, 0.29) is 12.3 Å². The highest BCUT2D eigenvalue weighted by atomic mass is 19.3. The van der Waals surface area contributed by atoms with E-state index < -0.39 is 24.9 Å². The van der Waals surface area contributed by atoms with Crippen LogP contribution in [0.4, 0.5) is 23.2 Å². The van der Waals surface area contributed by atoms with Gasteiger partial charge in [-0.05, 0) is 37.6 Å². The molecular formula is C20H21F4N5O2. The van der Waals surface area contributed by atoms with E-state index in [1.54, 1.807) is 28.9 Å². The molecule has 2 N–H and O–H groups in total. The first-order valence-electron chi connectivity index (χ1n) is 9.28. The zero-order valence-corrected chi connectivity index (χ0v) is 17.0. The van der Waals surface area contributed by atoms with Crippen molar-refractivity contribution in [3.63, 3.8) is 0 Å². The monoisotopic (exact) mass is 439 g/mol. The van der Waals surface area contributed by atoms with Crippen LogP contribution in [0.25, 0.3) is 11.3 Å². The van der Waals surface area contributed by atoms with Gasteiger partial charge in [-0.1, -0.05) is 12.1 Å². The second-order valence-corrected chi connectivity index (χ2v) is 7.05. The third-order valence-corrected chi connectivity index (χ3v) is 4.65. The summed E-state index contributed by atoms with van der Waals surface area (Å²) >= 11 is 0. The summed E-state index contributed by atoms with van der Waals surface area (Å²) in [7, 11) is 1.82. The van der Waals surface area contributed by atoms with E-state index in [4.69, 9.17) is 4.74 Å². The SMILES string of the molecule is Cc1nn(C)c(C)c1-c1cc(C(=O)Nc2cccc(COCC(F)(F)C(F)F)c2)[nH]n1. The molecule has 0 aliphatic heterocycles. The molecule has 0 unspecified atom stereocenters. The van der Waals surface area contributed by atoms with Gasteiger partial charge in [-0.25, -0.2) is 8.78 Å². The Morgan fingerprint density at radius 2 is 2.03 bits per heavy atom. The van der Waals surface area contributed by atoms with Crippen molar-refractivity contribution in [1.29, 1.82) is 0 Å². The minimum atomic E-state index is -4.21. The van der Waals surface area contributed by atoms with Gasteiger partial charge in [-0.2, -0.15) is 19.0 Å². The molecule has 2 aromatic heterocycles. The highest BCUT2D eigenvalue weighted by Gasteiger charge is 2.40. The molecule has 0 aliphatic carbocycles. The molecule has 11 heteroatoms. The van der Waals surface area contributed by atoms with Crippen LogP contribution in [0.5, 0.6) is 0 Å². The number of aromatic nitrogens is 4. The topological polar surface area (TPSA) is 84.8 Å². The summed E-state index contributed by atoms with van der Waals surface area (Å²) in [6, 6.07) is 7.86. The highest BCUT2D eigenvalue weighted by molar-refractivity contribution is 6.03. The van der Waals surface area contributed by atoms with Crippen molar-refractivity contribution in [2.45, 2.75) is 32.8 Å². The highest BCUT2D eigenvalue weighted by Crippen LogP contribution is 2.26. The van der Waals surface area contributed by atoms with Crippen LogP contribution in [0.3, 0.4) is 0 Å². The molecule has 0 fully saturated rings. The van der Waals surface area contributed by atoms with Crippen molar-refractivity contribution in [3.05, 3.63) is 53.0 Å². The molecule has 1 aromatic carbocycles. The molecule has 31 heavy (non-hydrogen) atoms. The molecule has 3 rings (SSSR count). The number of alkyl halides is 4. The fourth-order valence-corrected chi connectivity index (χ4v) is 3.02. The van der Waals surface area contributed by atoms with E-state index in [1.807, 2.05) is 20.9 Å². The maximum absolute atomic E-state index is 12.9. The van der Waals surface area contributed by atoms with Gasteiger partial charge in [-0.3, -0.25) is 14.6 Å². The zero-order chi connectivity index (χ0) is 22.8. The molecule has 1 amide bonds. The van der Waals surface area contributed by atoms with Crippen LogP contribution in [0.1, 0.15) is 27.4 Å². The first kappa shape index (κ1) is 22.5. The number of aromatic amines is 1. The fraction of sp³-hybridized carbons (Fsp3) is 0.350. The first-order valence-corrected chi connectivity index (χ1v) is 9.28. The molecule has 0 spiro atoms. The number of aryl methyl sites for hydroxylation is 2. The summed E-state index contributed by atoms with van der Waals surface area (Å²) in [6.45, 7) is 2.04. The van der Waals surface area contributed by atoms with E-state index in [1.165, 1.54) is 6.07 Å². The van der Waals surface area contributed by atoms with Crippen molar-refractivity contribution in [2.24, 2.45) is 7.05 Å². The molecule has 0 saturated carbocycles. The first-order chi connectivity index (χ1) is 14.6. The van der Waals surface area contributed by atoms with Crippen molar-refractivity contribution >= 4 is 11.6 Å². The third kappa shape index (κ3) is 5.10. The number of benzene rings is 1. The summed E-state index contributed by atoms with van der Waals surface area (Å²) in [5.74, 6) is -4.67. The maximum Gasteiger partial charge on any atom is 0.330 e. The molecular weight excluding hydrogens is 418 g/mol. The van der Waals surface area contributed by atoms with Gasteiger partial charge in [0.25, 0.3) is 5.91 Å². The lowest BCUT2D eigenvalue weighted by Gasteiger charge is -2.15. The molecule has 0 saturated heterocycles. The summed E-state index contributed by atoms with van der Waals surface area (Å²) in [6.07, 6.45) is -3.79. The number of anilines is 1. The number of halogens is 4. The minimum Gasteiger partial charge on any atom is -0.370 e. The van der Waals surface area contributed by atoms with Crippen molar-refractivity contribution in [3.8, 4) is 11.3 Å². The Kier molecular flexibility index (Phi) is 6.44. The second-order valence-electron chi connectivity index (χ2n) is 7.05. The van der Waals surface area contributed by atoms with Gasteiger partial charge in [-0.15, -0.1) is 0 Å². The van der Waals surface area contributed by atoms with E-state index in [0.717, 1.165) is 17.0 Å². The van der Waals surface area contributed by atoms with Gasteiger partial charge in [0, 0.05) is 24.0 Å². The Balaban J connectivity index is 1.65. The van der Waals surface area contributed by atoms with Crippen LogP contribution in [0, 0.1) is 13.8 Å². The number of hydrogen-bond acceptors (Lipinski definition) is 4. The smallest absolute Gasteiger partial charge is 0.330 e. The average Bonchev–Trinajstić information content (AvgIpc) is 3.26. The summed E-state index contributed by atoms with van der Waals surface area (Å²) < 4.78 is 56.6. The summed E-state index contributed by atoms with van der Waals surface area (Å²) in [4.78, 5) is 12.5. The number of hydrogen-bond donors (Lipinski definition) is 2. The maximum atomic E-state index is 12.9. The number of H-pyrrole nitrogens is 1. The van der Waals surface area contributed by atoms with E-state index in [0.29, 0.717) is 16.9 Å². The number of ether oxygens (including phenoxy) is 1. The van der Waals surface area contributed by atoms with Crippen LogP contribution in [0.2, 0.25) is 0 Å². The van der Waals surface area contributed by atoms with Crippen molar-refractivity contribution < 1.29 is 27.1 Å². The van der Waals surface area contributed by atoms with Gasteiger partial charge < -0.3 is 10.1 Å². The largest absolute Gasteiger partial charge is 0.370 e. The third-order valence-electron chi connectivity index (χ3n) is 4.65. The molecule has 166 valence electrons. The predicted molar refractivity (Wildman–Crippen MR) is 105 cm³/mol. The van der Waals surface area contributed by atoms with Gasteiger partial charge in [0.1, 0.15) is 12.3 Å². The van der Waals surface area contributed by atoms with Gasteiger partial charge in [0.05, 0.1) is 18.0 Å². The molecule has 0 atom stereocenters. The number of carbonyl (C=O) groups is 1. The van der Waals surface area contributed by atoms with Crippen LogP contribution in [-0.4, -0.2) is 44.8 Å². The van der Waals surface area contributed by atoms with Crippen LogP contribution >= 0.6 is 0 Å². The Morgan fingerprint density at radius 3 is 2.68 bits per heavy atom. The van der Waals surface area contributed by atoms with Gasteiger partial charge in [0.2, 0.25) is 0 Å². The molecule has 0 aliphatic rings. The lowest BCUT2D eigenvalue weighted by atomic mass is 10.1. The van der Waals surface area contributed by atoms with Gasteiger partial charge >= 0.3 is 12.3 Å². The number of nitrogens with one attached hydrogen (secondary N) is 2. The van der Waals surface area contributed by atoms with Crippen LogP contribution in [-0.2, 0) is 18.4 Å². The Morgan fingerprint density at radius 1 is 1.29 bits per heavy atom. The van der Waals surface area contributed by atoms with E-state index in [9.17, 15) is 22.4 Å². The standard InChI is InChI=1S/C20H21F4N5O2/c1-11-17(12(2)29(3)28-11)15-8-16(27-26-15)18(30)25-14-6-4-5-13(7-14)9-31-10-20(23,24)19(21)22/h4-8,19H,9-10H2,1-3H3,(H,25,30)(H,26,27). The number of rotatable bonds is 8. The lowest BCUT2D eigenvalue weighted by molar-refractivity contribution is -0.168. The normalized spacial score (nSPS) is 11.9. The van der Waals surface area contributed by atoms with Crippen LogP contribution < -0.4 is 5.32 Å². The Hall–Kier alpha value is -3.21. The fourth-order valence-electron chi connectivity index (χ4n) is 3.02. The number of carbonyl (C=O) groups excluding carboxylic acids is 1. The number of nitrogens with zero attached hydrogens (tertiary/aromatic N) is 3. The molecule has 3 aromatic rings. The van der Waals surface area contributed by atoms with Crippen molar-refractivity contribution in [1.82, 2.24) is 20.0 Å². The van der Waals surface area contributed by atoms with Crippen LogP contribution in [0.15, 0.2) is 30.3 Å². The average molecular weight is 439 g/mol. The summed E-state index contributed by atoms with van der Waals surface area (Å²) in [5.41, 5.74) is 4.14. The zero-order valence-electron chi connectivity index (χ0n) is 17.0. The Labute approximate surface area is 175 Å². The second kappa shape index (κ2) is 8.88.